The molecular weight excluding hydrogens is 289 g/mol. The van der Waals surface area contributed by atoms with E-state index in [-0.39, 0.29) is 5.82 Å². The smallest absolute Gasteiger partial charge is 0.132 e. The van der Waals surface area contributed by atoms with Crippen LogP contribution in [0.1, 0.15) is 24.5 Å². The fourth-order valence-corrected chi connectivity index (χ4v) is 2.19. The Morgan fingerprint density at radius 1 is 1.19 bits per heavy atom. The molecule has 0 aliphatic carbocycles. The van der Waals surface area contributed by atoms with Crippen LogP contribution in [-0.2, 0) is 6.54 Å². The molecule has 4 heteroatoms. The van der Waals surface area contributed by atoms with Crippen molar-refractivity contribution in [2.45, 2.75) is 26.8 Å². The number of nitrogens with one attached hydrogen (secondary N) is 1. The number of aryl methyl sites for hydroxylation is 1. The molecule has 21 heavy (non-hydrogen) atoms. The minimum Gasteiger partial charge on any atom is -0.457 e. The lowest BCUT2D eigenvalue weighted by atomic mass is 10.2. The van der Waals surface area contributed by atoms with E-state index in [9.17, 15) is 4.39 Å². The predicted octanol–water partition coefficient (Wildman–Crippen LogP) is 5.08. The van der Waals surface area contributed by atoms with Gasteiger partial charge in [-0.2, -0.15) is 0 Å². The third-order valence-corrected chi connectivity index (χ3v) is 3.36. The molecule has 1 N–H and O–H groups in total. The Bertz CT molecular complexity index is 616. The van der Waals surface area contributed by atoms with E-state index in [1.165, 1.54) is 6.07 Å². The van der Waals surface area contributed by atoms with Crippen molar-refractivity contribution in [2.75, 3.05) is 6.54 Å². The van der Waals surface area contributed by atoms with Crippen molar-refractivity contribution in [3.8, 4) is 11.5 Å². The summed E-state index contributed by atoms with van der Waals surface area (Å²) in [6, 6.07) is 10.2. The van der Waals surface area contributed by atoms with E-state index in [0.717, 1.165) is 24.3 Å². The molecule has 0 aromatic heterocycles. The van der Waals surface area contributed by atoms with Crippen LogP contribution in [0.2, 0.25) is 5.02 Å². The highest BCUT2D eigenvalue weighted by Gasteiger charge is 2.07. The number of benzene rings is 2. The Morgan fingerprint density at radius 3 is 2.71 bits per heavy atom. The van der Waals surface area contributed by atoms with Gasteiger partial charge in [-0.1, -0.05) is 18.5 Å². The molecule has 0 unspecified atom stereocenters. The molecule has 0 aliphatic rings. The minimum absolute atomic E-state index is 0.233. The van der Waals surface area contributed by atoms with Crippen LogP contribution in [0, 0.1) is 12.7 Å². The molecular formula is C17H19ClFNO. The average Bonchev–Trinajstić information content (AvgIpc) is 2.46. The van der Waals surface area contributed by atoms with Gasteiger partial charge in [-0.3, -0.25) is 0 Å². The SMILES string of the molecule is CCCNCc1cc(Cl)ccc1Oc1ccc(F)c(C)c1. The lowest BCUT2D eigenvalue weighted by Crippen LogP contribution is -2.14. The zero-order valence-electron chi connectivity index (χ0n) is 12.2. The zero-order chi connectivity index (χ0) is 15.2. The summed E-state index contributed by atoms with van der Waals surface area (Å²) in [5.41, 5.74) is 1.55. The summed E-state index contributed by atoms with van der Waals surface area (Å²) in [4.78, 5) is 0. The van der Waals surface area contributed by atoms with Gasteiger partial charge >= 0.3 is 0 Å². The number of rotatable bonds is 6. The van der Waals surface area contributed by atoms with Crippen LogP contribution in [0.4, 0.5) is 4.39 Å². The number of ether oxygens (including phenoxy) is 1. The van der Waals surface area contributed by atoms with Gasteiger partial charge in [-0.05, 0) is 61.9 Å². The van der Waals surface area contributed by atoms with Gasteiger partial charge < -0.3 is 10.1 Å². The Balaban J connectivity index is 2.19. The predicted molar refractivity (Wildman–Crippen MR) is 84.7 cm³/mol. The Hall–Kier alpha value is -1.58. The molecule has 112 valence electrons. The Kier molecular flexibility index (Phi) is 5.59. The standard InChI is InChI=1S/C17H19ClFNO/c1-3-8-20-11-13-10-14(18)4-7-17(13)21-15-5-6-16(19)12(2)9-15/h4-7,9-10,20H,3,8,11H2,1-2H3. The van der Waals surface area contributed by atoms with Crippen LogP contribution in [0.3, 0.4) is 0 Å². The van der Waals surface area contributed by atoms with Crippen LogP contribution in [-0.4, -0.2) is 6.54 Å². The van der Waals surface area contributed by atoms with Gasteiger partial charge in [0.1, 0.15) is 17.3 Å². The highest BCUT2D eigenvalue weighted by atomic mass is 35.5. The number of hydrogen-bond donors (Lipinski definition) is 1. The maximum Gasteiger partial charge on any atom is 0.132 e. The largest absolute Gasteiger partial charge is 0.457 e. The molecule has 0 bridgehead atoms. The number of hydrogen-bond acceptors (Lipinski definition) is 2. The summed E-state index contributed by atoms with van der Waals surface area (Å²) >= 11 is 6.05. The Morgan fingerprint density at radius 2 is 2.00 bits per heavy atom. The lowest BCUT2D eigenvalue weighted by molar-refractivity contribution is 0.470. The molecule has 0 amide bonds. The number of halogens is 2. The van der Waals surface area contributed by atoms with Crippen LogP contribution in [0.15, 0.2) is 36.4 Å². The van der Waals surface area contributed by atoms with Gasteiger partial charge in [0.15, 0.2) is 0 Å². The van der Waals surface area contributed by atoms with E-state index in [1.54, 1.807) is 25.1 Å². The normalized spacial score (nSPS) is 10.7. The maximum absolute atomic E-state index is 13.3. The highest BCUT2D eigenvalue weighted by Crippen LogP contribution is 2.28. The van der Waals surface area contributed by atoms with Crippen LogP contribution in [0.25, 0.3) is 0 Å². The molecule has 0 aliphatic heterocycles. The molecule has 0 saturated carbocycles. The van der Waals surface area contributed by atoms with Crippen molar-refractivity contribution >= 4 is 11.6 Å². The first-order chi connectivity index (χ1) is 10.1. The van der Waals surface area contributed by atoms with E-state index in [4.69, 9.17) is 16.3 Å². The van der Waals surface area contributed by atoms with E-state index < -0.39 is 0 Å². The molecule has 0 spiro atoms. The molecule has 0 atom stereocenters. The molecule has 0 fully saturated rings. The van der Waals surface area contributed by atoms with E-state index in [0.29, 0.717) is 22.9 Å². The summed E-state index contributed by atoms with van der Waals surface area (Å²) in [7, 11) is 0. The fourth-order valence-electron chi connectivity index (χ4n) is 1.99. The monoisotopic (exact) mass is 307 g/mol. The summed E-state index contributed by atoms with van der Waals surface area (Å²) < 4.78 is 19.2. The Labute approximate surface area is 129 Å². The topological polar surface area (TPSA) is 21.3 Å². The second-order valence-electron chi connectivity index (χ2n) is 4.94. The summed E-state index contributed by atoms with van der Waals surface area (Å²) in [6.07, 6.45) is 1.06. The zero-order valence-corrected chi connectivity index (χ0v) is 13.0. The maximum atomic E-state index is 13.3. The molecule has 2 nitrogen and oxygen atoms in total. The van der Waals surface area contributed by atoms with Gasteiger partial charge in [0.05, 0.1) is 0 Å². The molecule has 0 saturated heterocycles. The van der Waals surface area contributed by atoms with Gasteiger partial charge in [-0.25, -0.2) is 4.39 Å². The molecule has 2 rings (SSSR count). The fraction of sp³-hybridized carbons (Fsp3) is 0.294. The average molecular weight is 308 g/mol. The first kappa shape index (κ1) is 15.8. The van der Waals surface area contributed by atoms with Gasteiger partial charge in [-0.15, -0.1) is 0 Å². The van der Waals surface area contributed by atoms with Gasteiger partial charge in [0, 0.05) is 17.1 Å². The van der Waals surface area contributed by atoms with Gasteiger partial charge in [0.2, 0.25) is 0 Å². The molecule has 0 heterocycles. The second kappa shape index (κ2) is 7.43. The third-order valence-electron chi connectivity index (χ3n) is 3.12. The highest BCUT2D eigenvalue weighted by molar-refractivity contribution is 6.30. The van der Waals surface area contributed by atoms with E-state index in [1.807, 2.05) is 12.1 Å². The van der Waals surface area contributed by atoms with Crippen molar-refractivity contribution in [2.24, 2.45) is 0 Å². The summed E-state index contributed by atoms with van der Waals surface area (Å²) in [5.74, 6) is 1.12. The van der Waals surface area contributed by atoms with Gasteiger partial charge in [0.25, 0.3) is 0 Å². The first-order valence-corrected chi connectivity index (χ1v) is 7.41. The third kappa shape index (κ3) is 4.45. The van der Waals surface area contributed by atoms with E-state index >= 15 is 0 Å². The van der Waals surface area contributed by atoms with Crippen molar-refractivity contribution in [1.82, 2.24) is 5.32 Å². The summed E-state index contributed by atoms with van der Waals surface area (Å²) in [6.45, 7) is 5.45. The van der Waals surface area contributed by atoms with Crippen molar-refractivity contribution < 1.29 is 9.13 Å². The van der Waals surface area contributed by atoms with Crippen LogP contribution in [0.5, 0.6) is 11.5 Å². The van der Waals surface area contributed by atoms with Crippen LogP contribution < -0.4 is 10.1 Å². The van der Waals surface area contributed by atoms with Crippen molar-refractivity contribution in [3.63, 3.8) is 0 Å². The molecule has 2 aromatic carbocycles. The minimum atomic E-state index is -0.233. The molecule has 2 aromatic rings. The quantitative estimate of drug-likeness (QED) is 0.751. The second-order valence-corrected chi connectivity index (χ2v) is 5.38. The lowest BCUT2D eigenvalue weighted by Gasteiger charge is -2.13. The van der Waals surface area contributed by atoms with Crippen molar-refractivity contribution in [3.05, 3.63) is 58.4 Å². The van der Waals surface area contributed by atoms with E-state index in [2.05, 4.69) is 12.2 Å². The van der Waals surface area contributed by atoms with Crippen molar-refractivity contribution in [1.29, 1.82) is 0 Å². The van der Waals surface area contributed by atoms with Crippen LogP contribution >= 0.6 is 11.6 Å². The summed E-state index contributed by atoms with van der Waals surface area (Å²) in [5, 5.41) is 4.00. The first-order valence-electron chi connectivity index (χ1n) is 7.03. The molecule has 0 radical (unpaired) electrons.